The van der Waals surface area contributed by atoms with Crippen molar-refractivity contribution in [2.24, 2.45) is 0 Å². The molecule has 0 saturated carbocycles. The Kier molecular flexibility index (Phi) is 17.9. The van der Waals surface area contributed by atoms with Gasteiger partial charge in [-0.2, -0.15) is 9.97 Å². The molecule has 30 rings (SSSR count). The molecule has 0 saturated heterocycles. The molecule has 0 aliphatic heterocycles. The predicted molar refractivity (Wildman–Crippen MR) is 574 cm³/mol. The highest BCUT2D eigenvalue weighted by molar-refractivity contribution is 6.20. The Bertz CT molecular complexity index is 8830. The summed E-state index contributed by atoms with van der Waals surface area (Å²) in [4.78, 5) is 36.0. The van der Waals surface area contributed by atoms with Crippen LogP contribution in [0.1, 0.15) is 74.9 Å². The van der Waals surface area contributed by atoms with Gasteiger partial charge in [-0.25, -0.2) is 24.9 Å². The van der Waals surface area contributed by atoms with Gasteiger partial charge in [-0.3, -0.25) is 13.7 Å². The summed E-state index contributed by atoms with van der Waals surface area (Å²) >= 11 is 0. The number of hydrogen-bond acceptors (Lipinski definition) is 10. The normalized spacial score (nSPS) is 13.5. The van der Waals surface area contributed by atoms with Crippen LogP contribution in [0.5, 0.6) is 0 Å². The van der Waals surface area contributed by atoms with Crippen LogP contribution in [0.2, 0.25) is 0 Å². The van der Waals surface area contributed by atoms with Crippen molar-refractivity contribution in [1.82, 2.24) is 48.6 Å². The summed E-state index contributed by atoms with van der Waals surface area (Å²) in [6.45, 7) is 13.9. The van der Waals surface area contributed by atoms with E-state index in [1.807, 2.05) is 115 Å². The van der Waals surface area contributed by atoms with E-state index in [2.05, 4.69) is 352 Å². The van der Waals surface area contributed by atoms with Gasteiger partial charge < -0.3 is 13.3 Å². The molecule has 0 N–H and O–H groups in total. The van der Waals surface area contributed by atoms with E-state index in [-0.39, 0.29) is 16.2 Å². The Labute approximate surface area is 810 Å². The van der Waals surface area contributed by atoms with E-state index < -0.39 is 0 Å². The predicted octanol–water partition coefficient (Wildman–Crippen LogP) is 32.7. The average molecular weight is 1810 g/mol. The fraction of sp³-hybridized carbons (Fsp3) is 0.0703. The van der Waals surface area contributed by atoms with Crippen LogP contribution in [0.3, 0.4) is 0 Å². The van der Waals surface area contributed by atoms with Crippen molar-refractivity contribution in [2.75, 3.05) is 0 Å². The largest absolute Gasteiger partial charge is 0.455 e. The second-order valence-electron chi connectivity index (χ2n) is 38.9. The van der Waals surface area contributed by atoms with Gasteiger partial charge in [-0.1, -0.05) is 369 Å². The lowest BCUT2D eigenvalue weighted by atomic mass is 9.82. The Morgan fingerprint density at radius 1 is 0.191 bits per heavy atom. The molecule has 3 aliphatic carbocycles. The Balaban J connectivity index is 0.000000104. The highest BCUT2D eigenvalue weighted by Crippen LogP contribution is 2.59. The van der Waals surface area contributed by atoms with Crippen molar-refractivity contribution in [2.45, 2.75) is 57.8 Å². The van der Waals surface area contributed by atoms with E-state index in [1.54, 1.807) is 0 Å². The Morgan fingerprint density at radius 2 is 0.468 bits per heavy atom. The summed E-state index contributed by atoms with van der Waals surface area (Å²) in [6, 6.07) is 145. The summed E-state index contributed by atoms with van der Waals surface area (Å²) in [5, 5.41) is 13.9. The van der Waals surface area contributed by atoms with Crippen LogP contribution < -0.4 is 0 Å². The number of aromatic nitrogens is 10. The van der Waals surface area contributed by atoms with Crippen LogP contribution in [-0.2, 0) is 16.2 Å². The molecule has 0 radical (unpaired) electrons. The molecule has 0 unspecified atom stereocenters. The number of para-hydroxylation sites is 6. The first-order valence-corrected chi connectivity index (χ1v) is 48.1. The third-order valence-electron chi connectivity index (χ3n) is 29.9. The lowest BCUT2D eigenvalue weighted by Gasteiger charge is -2.21. The first kappa shape index (κ1) is 81.3. The van der Waals surface area contributed by atoms with E-state index in [9.17, 15) is 0 Å². The van der Waals surface area contributed by atoms with E-state index >= 15 is 0 Å². The average Bonchev–Trinajstić information content (AvgIpc) is 1.54. The molecule has 13 heteroatoms. The summed E-state index contributed by atoms with van der Waals surface area (Å²) < 4.78 is 26.6. The number of fused-ring (bicyclic) bond motifs is 30. The fourth-order valence-corrected chi connectivity index (χ4v) is 23.0. The summed E-state index contributed by atoms with van der Waals surface area (Å²) in [5.41, 5.74) is 35.2. The van der Waals surface area contributed by atoms with Gasteiger partial charge in [0.2, 0.25) is 11.9 Å². The summed E-state index contributed by atoms with van der Waals surface area (Å²) in [5.74, 6) is 4.08. The molecule has 0 bridgehead atoms. The van der Waals surface area contributed by atoms with Gasteiger partial charge in [0.05, 0.1) is 50.2 Å². The molecule has 141 heavy (non-hydrogen) atoms. The Hall–Kier alpha value is -18.1. The monoisotopic (exact) mass is 1810 g/mol. The van der Waals surface area contributed by atoms with Gasteiger partial charge in [0.1, 0.15) is 39.3 Å². The van der Waals surface area contributed by atoms with Gasteiger partial charge in [0, 0.05) is 137 Å². The lowest BCUT2D eigenvalue weighted by Crippen LogP contribution is -2.15. The SMILES string of the molecule is CC1(C)c2cc3c(cc2-c2c1ccc1c2oc2ccccc21)c1ccccc1n3-c1cc(-c2ccccc2)nc(-c2ccccc2)n1.CC1(C)c2cc3c(cc2-c2c1ccc1c2oc2ccccc21)c1ccccc1n3-c1nc(-c2ccccc2)cc(-c2ccccc2)n1.CC1(C)c2cc3c(cc2-c2c1ccc1c2oc2ccccc21)c1ccccc1n3-c1nc(-c2ccccc2)nc(-c2ccccc2)n1. The zero-order chi connectivity index (χ0) is 93.8. The Morgan fingerprint density at radius 3 is 0.816 bits per heavy atom. The highest BCUT2D eigenvalue weighted by atomic mass is 16.3. The standard InChI is InChI=1S/2C43H29N3O.C42H28N4O/c1-43(2)33-22-21-30-29-18-10-12-20-39(29)47-41(30)40(33)32-23-31-28-17-9-11-19-37(28)46(38(31)24-34(32)43)42-44-35(26-13-5-3-6-14-26)25-36(45-42)27-15-7-4-8-16-27;1-43(2)33-22-21-30-29-18-10-12-20-38(29)47-41(30)40(33)32-23-31-28-17-9-11-19-36(28)46(37(31)24-34(32)43)39-25-35(26-13-5-3-6-14-26)44-42(45-39)27-15-7-4-8-16-27;1-42(2)32-22-21-29-28-18-10-12-20-36(28)47-38(29)37(32)31-23-30-27-17-9-11-19-34(27)46(35(30)24-33(31)42)41-44-39(25-13-5-3-6-14-25)43-40(45-41)26-15-7-4-8-16-26/h2*3-25H,1-2H3;3-24H,1-2H3. The van der Waals surface area contributed by atoms with E-state index in [0.717, 1.165) is 166 Å². The molecular weight excluding hydrogens is 1730 g/mol. The minimum Gasteiger partial charge on any atom is -0.455 e. The minimum atomic E-state index is -0.239. The first-order valence-electron chi connectivity index (χ1n) is 48.1. The van der Waals surface area contributed by atoms with Crippen molar-refractivity contribution >= 4 is 131 Å². The van der Waals surface area contributed by atoms with E-state index in [0.29, 0.717) is 29.4 Å². The summed E-state index contributed by atoms with van der Waals surface area (Å²) in [7, 11) is 0. The molecule has 9 heterocycles. The molecule has 27 aromatic rings. The molecule has 18 aromatic carbocycles. The maximum atomic E-state index is 6.61. The molecule has 0 amide bonds. The minimum absolute atomic E-state index is 0.219. The summed E-state index contributed by atoms with van der Waals surface area (Å²) in [6.07, 6.45) is 0. The fourth-order valence-electron chi connectivity index (χ4n) is 23.0. The van der Waals surface area contributed by atoms with Crippen LogP contribution >= 0.6 is 0 Å². The maximum absolute atomic E-state index is 6.61. The number of benzene rings is 18. The third-order valence-corrected chi connectivity index (χ3v) is 29.9. The molecule has 3 aliphatic rings. The zero-order valence-electron chi connectivity index (χ0n) is 78.0. The number of nitrogens with zero attached hydrogens (tertiary/aromatic N) is 10. The van der Waals surface area contributed by atoms with Gasteiger partial charge in [0.15, 0.2) is 17.5 Å². The van der Waals surface area contributed by atoms with Gasteiger partial charge in [-0.05, 0) is 129 Å². The van der Waals surface area contributed by atoms with Crippen molar-refractivity contribution < 1.29 is 13.3 Å². The van der Waals surface area contributed by atoms with Crippen molar-refractivity contribution in [1.29, 1.82) is 0 Å². The number of rotatable bonds is 9. The molecule has 666 valence electrons. The maximum Gasteiger partial charge on any atom is 0.238 e. The lowest BCUT2D eigenvalue weighted by molar-refractivity contribution is 0.653. The topological polar surface area (TPSA) is 144 Å². The molecule has 9 aromatic heterocycles. The van der Waals surface area contributed by atoms with Gasteiger partial charge in [-0.15, -0.1) is 0 Å². The quantitative estimate of drug-likeness (QED) is 0.137. The van der Waals surface area contributed by atoms with Gasteiger partial charge >= 0.3 is 0 Å². The van der Waals surface area contributed by atoms with Crippen LogP contribution in [0, 0.1) is 0 Å². The third kappa shape index (κ3) is 12.5. The van der Waals surface area contributed by atoms with Crippen LogP contribution in [0.25, 0.3) is 250 Å². The van der Waals surface area contributed by atoms with E-state index in [4.69, 9.17) is 48.1 Å². The molecule has 0 atom stereocenters. The molecule has 0 fully saturated rings. The van der Waals surface area contributed by atoms with Crippen LogP contribution in [-0.4, -0.2) is 48.6 Å². The van der Waals surface area contributed by atoms with Gasteiger partial charge in [0.25, 0.3) is 0 Å². The van der Waals surface area contributed by atoms with Crippen molar-refractivity contribution in [3.63, 3.8) is 0 Å². The molecular formula is C128H86N10O3. The number of furan rings is 3. The zero-order valence-corrected chi connectivity index (χ0v) is 78.0. The second kappa shape index (κ2) is 31.0. The van der Waals surface area contributed by atoms with Crippen molar-refractivity contribution in [3.8, 4) is 119 Å². The molecule has 13 nitrogen and oxygen atoms in total. The van der Waals surface area contributed by atoms with Crippen molar-refractivity contribution in [3.05, 3.63) is 446 Å². The highest BCUT2D eigenvalue weighted by Gasteiger charge is 2.43. The smallest absolute Gasteiger partial charge is 0.238 e. The molecule has 0 spiro atoms. The first-order chi connectivity index (χ1) is 69.2. The number of hydrogen-bond donors (Lipinski definition) is 0. The van der Waals surface area contributed by atoms with E-state index in [1.165, 1.54) is 88.3 Å². The second-order valence-corrected chi connectivity index (χ2v) is 38.9. The van der Waals surface area contributed by atoms with Crippen LogP contribution in [0.15, 0.2) is 426 Å². The van der Waals surface area contributed by atoms with Crippen LogP contribution in [0.4, 0.5) is 0 Å².